The molecule has 1 aromatic carbocycles. The van der Waals surface area contributed by atoms with Crippen molar-refractivity contribution in [1.29, 1.82) is 0 Å². The zero-order valence-corrected chi connectivity index (χ0v) is 31.2. The zero-order chi connectivity index (χ0) is 38.2. The Labute approximate surface area is 301 Å². The number of ether oxygens (including phenoxy) is 2. The highest BCUT2D eigenvalue weighted by Gasteiger charge is 2.43. The number of carbonyl (C=O) groups is 6. The van der Waals surface area contributed by atoms with Gasteiger partial charge in [-0.25, -0.2) is 4.79 Å². The maximum atomic E-state index is 14.2. The minimum Gasteiger partial charge on any atom is -0.459 e. The fraction of sp³-hybridized carbons (Fsp3) is 0.676. The van der Waals surface area contributed by atoms with Crippen LogP contribution in [0.5, 0.6) is 0 Å². The van der Waals surface area contributed by atoms with Gasteiger partial charge in [0.15, 0.2) is 6.10 Å². The molecule has 0 spiro atoms. The highest BCUT2D eigenvalue weighted by molar-refractivity contribution is 5.95. The van der Waals surface area contributed by atoms with Gasteiger partial charge < -0.3 is 40.7 Å². The number of likely N-dealkylation sites (N-methyl/N-ethyl adjacent to an activating group) is 1. The van der Waals surface area contributed by atoms with Crippen molar-refractivity contribution in [3.63, 3.8) is 0 Å². The van der Waals surface area contributed by atoms with E-state index in [0.717, 1.165) is 5.56 Å². The lowest BCUT2D eigenvalue weighted by atomic mass is 9.95. The number of aliphatic hydroxyl groups is 1. The third-order valence-corrected chi connectivity index (χ3v) is 9.55. The Hall–Kier alpha value is -4.04. The number of cyclic esters (lactones) is 2. The maximum absolute atomic E-state index is 14.2. The molecule has 1 unspecified atom stereocenters. The molecule has 4 amide bonds. The van der Waals surface area contributed by atoms with Crippen LogP contribution < -0.4 is 16.4 Å². The second-order valence-corrected chi connectivity index (χ2v) is 14.9. The predicted octanol–water partition coefficient (Wildman–Crippen LogP) is 1.31. The quantitative estimate of drug-likeness (QED) is 0.312. The van der Waals surface area contributed by atoms with Crippen LogP contribution >= 0.6 is 0 Å². The zero-order valence-electron chi connectivity index (χ0n) is 31.2. The topological polar surface area (TPSA) is 198 Å². The average Bonchev–Trinajstić information content (AvgIpc) is 3.56. The summed E-state index contributed by atoms with van der Waals surface area (Å²) in [6.45, 7) is 12.4. The van der Waals surface area contributed by atoms with E-state index in [0.29, 0.717) is 12.8 Å². The summed E-state index contributed by atoms with van der Waals surface area (Å²) in [6, 6.07) is 3.69. The minimum atomic E-state index is -1.41. The van der Waals surface area contributed by atoms with Gasteiger partial charge in [-0.2, -0.15) is 0 Å². The first-order chi connectivity index (χ1) is 23.9. The van der Waals surface area contributed by atoms with Crippen LogP contribution in [-0.4, -0.2) is 113 Å². The minimum absolute atomic E-state index is 0.0232. The molecule has 0 saturated carbocycles. The number of esters is 2. The average molecular weight is 716 g/mol. The molecule has 0 aromatic heterocycles. The van der Waals surface area contributed by atoms with E-state index in [4.69, 9.17) is 15.2 Å². The lowest BCUT2D eigenvalue weighted by molar-refractivity contribution is -0.161. The molecule has 51 heavy (non-hydrogen) atoms. The molecule has 14 heteroatoms. The van der Waals surface area contributed by atoms with Gasteiger partial charge in [0.05, 0.1) is 18.6 Å². The summed E-state index contributed by atoms with van der Waals surface area (Å²) in [5.74, 6) is -4.89. The summed E-state index contributed by atoms with van der Waals surface area (Å²) in [5, 5.41) is 16.5. The Morgan fingerprint density at radius 2 is 1.55 bits per heavy atom. The maximum Gasteiger partial charge on any atom is 0.329 e. The van der Waals surface area contributed by atoms with Gasteiger partial charge in [-0.1, -0.05) is 71.9 Å². The Kier molecular flexibility index (Phi) is 15.0. The Bertz CT molecular complexity index is 1390. The second kappa shape index (κ2) is 18.5. The number of carbonyl (C=O) groups excluding carboxylic acids is 6. The van der Waals surface area contributed by atoms with Crippen LogP contribution in [0.15, 0.2) is 30.3 Å². The van der Waals surface area contributed by atoms with E-state index >= 15 is 0 Å². The van der Waals surface area contributed by atoms with E-state index in [1.165, 1.54) is 23.8 Å². The SMILES string of the molecule is CC(C)C[C@@H]1NC(=O)C(C(C)C)OC(=O)C[C@H](O)[C@@H](C(C)C)NC(=O)[C@@H](N)[C@@H](C)OC(=O)[C@H](Cc2ccccc2)N(C)C(=O)[C@@H]2CCCN2C1=O. The van der Waals surface area contributed by atoms with Crippen molar-refractivity contribution in [2.24, 2.45) is 23.5 Å². The fourth-order valence-electron chi connectivity index (χ4n) is 6.53. The van der Waals surface area contributed by atoms with Crippen LogP contribution in [0, 0.1) is 17.8 Å². The summed E-state index contributed by atoms with van der Waals surface area (Å²) in [4.78, 5) is 85.0. The standard InChI is InChI=1S/C37H57N5O9/c1-20(2)17-25-35(47)42-16-12-15-26(42)36(48)41(8)27(18-24-13-10-9-11-14-24)37(49)50-23(7)30(38)33(45)40-31(21(3)4)28(43)19-29(44)51-32(22(5)6)34(46)39-25/h9-11,13-14,20-23,25-28,30-32,43H,12,15-19,38H2,1-8H3,(H,39,46)(H,40,45)/t23-,25+,26+,27+,28+,30+,31-,32?/m1/s1. The van der Waals surface area contributed by atoms with Crippen LogP contribution in [0.4, 0.5) is 0 Å². The van der Waals surface area contributed by atoms with E-state index < -0.39 is 96.4 Å². The molecule has 2 heterocycles. The predicted molar refractivity (Wildman–Crippen MR) is 188 cm³/mol. The molecular formula is C37H57N5O9. The first-order valence-corrected chi connectivity index (χ1v) is 18.0. The van der Waals surface area contributed by atoms with Crippen molar-refractivity contribution in [2.45, 2.75) is 129 Å². The summed E-state index contributed by atoms with van der Waals surface area (Å²) < 4.78 is 11.3. The van der Waals surface area contributed by atoms with Gasteiger partial charge in [-0.3, -0.25) is 24.0 Å². The van der Waals surface area contributed by atoms with Gasteiger partial charge in [0.2, 0.25) is 17.7 Å². The molecule has 2 saturated heterocycles. The molecule has 0 bridgehead atoms. The number of benzene rings is 1. The number of nitrogens with two attached hydrogens (primary N) is 1. The first kappa shape index (κ1) is 41.4. The van der Waals surface area contributed by atoms with Crippen LogP contribution in [0.2, 0.25) is 0 Å². The molecule has 5 N–H and O–H groups in total. The van der Waals surface area contributed by atoms with Crippen LogP contribution in [-0.2, 0) is 44.7 Å². The van der Waals surface area contributed by atoms with Crippen molar-refractivity contribution in [1.82, 2.24) is 20.4 Å². The fourth-order valence-corrected chi connectivity index (χ4v) is 6.53. The normalized spacial score (nSPS) is 29.7. The van der Waals surface area contributed by atoms with Gasteiger partial charge in [-0.15, -0.1) is 0 Å². The second-order valence-electron chi connectivity index (χ2n) is 14.9. The van der Waals surface area contributed by atoms with Gasteiger partial charge in [-0.05, 0) is 49.5 Å². The number of hydrogen-bond donors (Lipinski definition) is 4. The molecule has 14 nitrogen and oxygen atoms in total. The van der Waals surface area contributed by atoms with Gasteiger partial charge in [0.25, 0.3) is 5.91 Å². The number of hydrogen-bond acceptors (Lipinski definition) is 10. The van der Waals surface area contributed by atoms with E-state index in [-0.39, 0.29) is 31.2 Å². The number of nitrogens with zero attached hydrogens (tertiary/aromatic N) is 2. The molecule has 1 aromatic rings. The van der Waals surface area contributed by atoms with Gasteiger partial charge in [0.1, 0.15) is 30.3 Å². The number of amides is 4. The molecule has 3 rings (SSSR count). The number of aliphatic hydroxyl groups excluding tert-OH is 1. The van der Waals surface area contributed by atoms with Crippen molar-refractivity contribution in [2.75, 3.05) is 13.6 Å². The molecular weight excluding hydrogens is 658 g/mol. The lowest BCUT2D eigenvalue weighted by Gasteiger charge is -2.35. The molecule has 0 radical (unpaired) electrons. The summed E-state index contributed by atoms with van der Waals surface area (Å²) >= 11 is 0. The monoisotopic (exact) mass is 715 g/mol. The van der Waals surface area contributed by atoms with Crippen molar-refractivity contribution in [3.8, 4) is 0 Å². The van der Waals surface area contributed by atoms with Gasteiger partial charge >= 0.3 is 11.9 Å². The summed E-state index contributed by atoms with van der Waals surface area (Å²) in [6.07, 6.45) is -3.16. The molecule has 2 aliphatic heterocycles. The number of fused-ring (bicyclic) bond motifs is 1. The van der Waals surface area contributed by atoms with Crippen LogP contribution in [0.3, 0.4) is 0 Å². The summed E-state index contributed by atoms with van der Waals surface area (Å²) in [7, 11) is 1.48. The van der Waals surface area contributed by atoms with Crippen molar-refractivity contribution < 1.29 is 43.3 Å². The van der Waals surface area contributed by atoms with Crippen LogP contribution in [0.25, 0.3) is 0 Å². The largest absolute Gasteiger partial charge is 0.459 e. The molecule has 8 atom stereocenters. The summed E-state index contributed by atoms with van der Waals surface area (Å²) in [5.41, 5.74) is 7.01. The molecule has 284 valence electrons. The number of rotatable bonds is 6. The Morgan fingerprint density at radius 3 is 2.14 bits per heavy atom. The molecule has 0 aliphatic carbocycles. The third-order valence-electron chi connectivity index (χ3n) is 9.55. The Balaban J connectivity index is 2.07. The Morgan fingerprint density at radius 1 is 0.902 bits per heavy atom. The van der Waals surface area contributed by atoms with Crippen LogP contribution in [0.1, 0.15) is 79.7 Å². The van der Waals surface area contributed by atoms with E-state index in [1.54, 1.807) is 27.7 Å². The van der Waals surface area contributed by atoms with Crippen molar-refractivity contribution in [3.05, 3.63) is 35.9 Å². The molecule has 2 fully saturated rings. The smallest absolute Gasteiger partial charge is 0.329 e. The first-order valence-electron chi connectivity index (χ1n) is 18.0. The number of nitrogens with one attached hydrogen (secondary N) is 2. The van der Waals surface area contributed by atoms with E-state index in [1.807, 2.05) is 44.2 Å². The molecule has 2 aliphatic rings. The highest BCUT2D eigenvalue weighted by Crippen LogP contribution is 2.24. The van der Waals surface area contributed by atoms with E-state index in [2.05, 4.69) is 10.6 Å². The lowest BCUT2D eigenvalue weighted by Crippen LogP contribution is -2.58. The third kappa shape index (κ3) is 11.0. The highest BCUT2D eigenvalue weighted by atomic mass is 16.6. The van der Waals surface area contributed by atoms with E-state index in [9.17, 15) is 33.9 Å². The van der Waals surface area contributed by atoms with Gasteiger partial charge in [0, 0.05) is 20.0 Å². The van der Waals surface area contributed by atoms with Crippen molar-refractivity contribution >= 4 is 35.6 Å².